The lowest BCUT2D eigenvalue weighted by molar-refractivity contribution is -0.139. The lowest BCUT2D eigenvalue weighted by atomic mass is 10.1. The average Bonchev–Trinajstić information content (AvgIpc) is 2.27. The Kier molecular flexibility index (Phi) is 7.45. The van der Waals surface area contributed by atoms with Gasteiger partial charge < -0.3 is 26.2 Å². The zero-order valence-electron chi connectivity index (χ0n) is 10.4. The third kappa shape index (κ3) is 6.69. The maximum absolute atomic E-state index is 11.4. The molecule has 0 saturated heterocycles. The number of nitrogens with one attached hydrogen (secondary N) is 2. The number of rotatable bonds is 8. The number of hydrogen-bond donors (Lipinski definition) is 4. The Bertz CT molecular complexity index is 308. The van der Waals surface area contributed by atoms with Crippen LogP contribution in [0.3, 0.4) is 0 Å². The molecule has 0 fully saturated rings. The fourth-order valence-electron chi connectivity index (χ4n) is 1.16. The van der Waals surface area contributed by atoms with Gasteiger partial charge in [-0.1, -0.05) is 0 Å². The molecule has 8 nitrogen and oxygen atoms in total. The van der Waals surface area contributed by atoms with Crippen molar-refractivity contribution < 1.29 is 24.2 Å². The van der Waals surface area contributed by atoms with E-state index in [-0.39, 0.29) is 6.42 Å². The summed E-state index contributed by atoms with van der Waals surface area (Å²) < 4.78 is 4.79. The molecular formula is C10H19N3O5. The van der Waals surface area contributed by atoms with Crippen LogP contribution in [0, 0.1) is 0 Å². The van der Waals surface area contributed by atoms with Crippen molar-refractivity contribution in [2.24, 2.45) is 5.73 Å². The van der Waals surface area contributed by atoms with Gasteiger partial charge in [0.15, 0.2) is 0 Å². The summed E-state index contributed by atoms with van der Waals surface area (Å²) >= 11 is 0. The van der Waals surface area contributed by atoms with E-state index in [9.17, 15) is 14.4 Å². The SMILES string of the molecule is COCCCC(NC(=O)NC(C)C(N)=O)C(=O)O. The van der Waals surface area contributed by atoms with E-state index in [1.54, 1.807) is 0 Å². The van der Waals surface area contributed by atoms with E-state index >= 15 is 0 Å². The topological polar surface area (TPSA) is 131 Å². The highest BCUT2D eigenvalue weighted by Gasteiger charge is 2.21. The molecule has 0 aromatic rings. The van der Waals surface area contributed by atoms with Crippen molar-refractivity contribution in [3.05, 3.63) is 0 Å². The number of hydrogen-bond acceptors (Lipinski definition) is 4. The Labute approximate surface area is 105 Å². The molecule has 0 aliphatic rings. The summed E-state index contributed by atoms with van der Waals surface area (Å²) in [7, 11) is 1.50. The molecule has 104 valence electrons. The Morgan fingerprint density at radius 2 is 1.94 bits per heavy atom. The Hall–Kier alpha value is -1.83. The van der Waals surface area contributed by atoms with E-state index in [4.69, 9.17) is 15.6 Å². The normalized spacial score (nSPS) is 13.4. The van der Waals surface area contributed by atoms with Gasteiger partial charge in [0.05, 0.1) is 0 Å². The van der Waals surface area contributed by atoms with Crippen LogP contribution in [0.25, 0.3) is 0 Å². The number of carbonyl (C=O) groups excluding carboxylic acids is 2. The quantitative estimate of drug-likeness (QED) is 0.418. The lowest BCUT2D eigenvalue weighted by Crippen LogP contribution is -2.51. The number of methoxy groups -OCH3 is 1. The van der Waals surface area contributed by atoms with Crippen LogP contribution in [0.5, 0.6) is 0 Å². The van der Waals surface area contributed by atoms with E-state index in [1.165, 1.54) is 14.0 Å². The second-order valence-corrected chi connectivity index (χ2v) is 3.77. The molecule has 2 unspecified atom stereocenters. The smallest absolute Gasteiger partial charge is 0.326 e. The van der Waals surface area contributed by atoms with Gasteiger partial charge in [0.25, 0.3) is 0 Å². The molecule has 0 aromatic carbocycles. The van der Waals surface area contributed by atoms with Gasteiger partial charge in [0.2, 0.25) is 5.91 Å². The molecule has 0 bridgehead atoms. The number of carbonyl (C=O) groups is 3. The van der Waals surface area contributed by atoms with Crippen molar-refractivity contribution in [2.45, 2.75) is 31.8 Å². The van der Waals surface area contributed by atoms with Crippen molar-refractivity contribution in [2.75, 3.05) is 13.7 Å². The zero-order chi connectivity index (χ0) is 14.1. The first kappa shape index (κ1) is 16.2. The predicted molar refractivity (Wildman–Crippen MR) is 62.9 cm³/mol. The molecule has 0 aliphatic carbocycles. The van der Waals surface area contributed by atoms with Crippen molar-refractivity contribution in [3.63, 3.8) is 0 Å². The average molecular weight is 261 g/mol. The van der Waals surface area contributed by atoms with Crippen molar-refractivity contribution in [1.29, 1.82) is 0 Å². The molecule has 5 N–H and O–H groups in total. The van der Waals surface area contributed by atoms with E-state index in [0.717, 1.165) is 0 Å². The van der Waals surface area contributed by atoms with Crippen LogP contribution in [0.4, 0.5) is 4.79 Å². The molecule has 0 heterocycles. The van der Waals surface area contributed by atoms with Crippen LogP contribution in [0.2, 0.25) is 0 Å². The fourth-order valence-corrected chi connectivity index (χ4v) is 1.16. The monoisotopic (exact) mass is 261 g/mol. The largest absolute Gasteiger partial charge is 0.480 e. The van der Waals surface area contributed by atoms with Gasteiger partial charge in [-0.3, -0.25) is 4.79 Å². The first-order chi connectivity index (χ1) is 8.38. The second-order valence-electron chi connectivity index (χ2n) is 3.77. The minimum absolute atomic E-state index is 0.238. The number of carboxylic acids is 1. The maximum Gasteiger partial charge on any atom is 0.326 e. The summed E-state index contributed by atoms with van der Waals surface area (Å²) in [6, 6.07) is -2.63. The first-order valence-electron chi connectivity index (χ1n) is 5.46. The third-order valence-electron chi connectivity index (χ3n) is 2.22. The standard InChI is InChI=1S/C10H19N3O5/c1-6(8(11)14)12-10(17)13-7(9(15)16)4-3-5-18-2/h6-7H,3-5H2,1-2H3,(H2,11,14)(H,15,16)(H2,12,13,17). The van der Waals surface area contributed by atoms with E-state index in [2.05, 4.69) is 10.6 Å². The van der Waals surface area contributed by atoms with Crippen LogP contribution >= 0.6 is 0 Å². The van der Waals surface area contributed by atoms with Crippen molar-refractivity contribution in [1.82, 2.24) is 10.6 Å². The number of aliphatic carboxylic acids is 1. The Balaban J connectivity index is 4.19. The van der Waals surface area contributed by atoms with Crippen LogP contribution in [0.15, 0.2) is 0 Å². The molecule has 0 saturated carbocycles. The lowest BCUT2D eigenvalue weighted by Gasteiger charge is -2.16. The van der Waals surface area contributed by atoms with E-state index in [1.807, 2.05) is 0 Å². The maximum atomic E-state index is 11.4. The van der Waals surface area contributed by atoms with Gasteiger partial charge in [0.1, 0.15) is 12.1 Å². The highest BCUT2D eigenvalue weighted by Crippen LogP contribution is 1.98. The molecule has 0 aromatic heterocycles. The summed E-state index contributed by atoms with van der Waals surface area (Å²) in [5, 5.41) is 13.4. The molecular weight excluding hydrogens is 242 g/mol. The molecule has 3 amide bonds. The molecule has 2 atom stereocenters. The number of amides is 3. The minimum atomic E-state index is -1.15. The van der Waals surface area contributed by atoms with Gasteiger partial charge in [-0.2, -0.15) is 0 Å². The highest BCUT2D eigenvalue weighted by atomic mass is 16.5. The van der Waals surface area contributed by atoms with Crippen molar-refractivity contribution in [3.8, 4) is 0 Å². The van der Waals surface area contributed by atoms with Crippen LogP contribution in [-0.4, -0.2) is 48.8 Å². The fraction of sp³-hybridized carbons (Fsp3) is 0.700. The summed E-state index contributed by atoms with van der Waals surface area (Å²) in [6.07, 6.45) is 0.737. The number of ether oxygens (including phenoxy) is 1. The van der Waals surface area contributed by atoms with E-state index < -0.39 is 30.0 Å². The van der Waals surface area contributed by atoms with Gasteiger partial charge in [-0.15, -0.1) is 0 Å². The highest BCUT2D eigenvalue weighted by molar-refractivity contribution is 5.87. The van der Waals surface area contributed by atoms with E-state index in [0.29, 0.717) is 13.0 Å². The molecule has 8 heteroatoms. The molecule has 18 heavy (non-hydrogen) atoms. The Morgan fingerprint density at radius 1 is 1.33 bits per heavy atom. The summed E-state index contributed by atoms with van der Waals surface area (Å²) in [4.78, 5) is 33.0. The van der Waals surface area contributed by atoms with Gasteiger partial charge >= 0.3 is 12.0 Å². The first-order valence-corrected chi connectivity index (χ1v) is 5.46. The van der Waals surface area contributed by atoms with Gasteiger partial charge in [0, 0.05) is 13.7 Å². The minimum Gasteiger partial charge on any atom is -0.480 e. The van der Waals surface area contributed by atoms with Gasteiger partial charge in [-0.25, -0.2) is 9.59 Å². The molecule has 0 radical (unpaired) electrons. The van der Waals surface area contributed by atoms with Crippen LogP contribution in [-0.2, 0) is 14.3 Å². The van der Waals surface area contributed by atoms with Gasteiger partial charge in [-0.05, 0) is 19.8 Å². The molecule has 0 spiro atoms. The predicted octanol–water partition coefficient (Wildman–Crippen LogP) is -0.961. The zero-order valence-corrected chi connectivity index (χ0v) is 10.4. The molecule has 0 aliphatic heterocycles. The third-order valence-corrected chi connectivity index (χ3v) is 2.22. The number of primary amides is 1. The van der Waals surface area contributed by atoms with Crippen molar-refractivity contribution >= 4 is 17.9 Å². The number of nitrogens with two attached hydrogens (primary N) is 1. The number of carboxylic acid groups (broad SMARTS) is 1. The summed E-state index contributed by atoms with van der Waals surface area (Å²) in [5.41, 5.74) is 4.96. The molecule has 0 rings (SSSR count). The van der Waals surface area contributed by atoms with Crippen LogP contribution in [0.1, 0.15) is 19.8 Å². The van der Waals surface area contributed by atoms with Crippen LogP contribution < -0.4 is 16.4 Å². The second kappa shape index (κ2) is 8.29. The Morgan fingerprint density at radius 3 is 2.39 bits per heavy atom. The number of urea groups is 1. The summed E-state index contributed by atoms with van der Waals surface area (Å²) in [6.45, 7) is 1.81. The summed E-state index contributed by atoms with van der Waals surface area (Å²) in [5.74, 6) is -1.84.